The van der Waals surface area contributed by atoms with Gasteiger partial charge in [-0.3, -0.25) is 14.5 Å². The molecule has 0 saturated carbocycles. The number of hydrogen-bond acceptors (Lipinski definition) is 4. The molecule has 2 saturated heterocycles. The molecule has 0 aromatic carbocycles. The van der Waals surface area contributed by atoms with Crippen LogP contribution in [0.3, 0.4) is 0 Å². The molecule has 0 bridgehead atoms. The normalized spacial score (nSPS) is 20.8. The van der Waals surface area contributed by atoms with Gasteiger partial charge in [0, 0.05) is 58.4 Å². The van der Waals surface area contributed by atoms with Gasteiger partial charge >= 0.3 is 6.03 Å². The number of hydrogen-bond donors (Lipinski definition) is 0. The fourth-order valence-electron chi connectivity index (χ4n) is 4.05. The van der Waals surface area contributed by atoms with Gasteiger partial charge in [-0.15, -0.1) is 0 Å². The van der Waals surface area contributed by atoms with Gasteiger partial charge < -0.3 is 9.30 Å². The second kappa shape index (κ2) is 6.59. The molecular formula is C19H22FN7O. The van der Waals surface area contributed by atoms with Crippen molar-refractivity contribution in [3.05, 3.63) is 48.4 Å². The molecule has 0 aliphatic carbocycles. The van der Waals surface area contributed by atoms with Gasteiger partial charge in [-0.2, -0.15) is 5.10 Å². The Hall–Kier alpha value is -2.94. The standard InChI is InChI=1S/C19H22FN7O/c1-23-6-7-26(19(23)28)17-8-21-27(13-17)16-4-5-24(12-16)10-15-11-25-9-14(20)2-3-18(25)22-15/h2-3,8-9,11,13,16H,4-7,10,12H2,1H3. The van der Waals surface area contributed by atoms with Crippen molar-refractivity contribution in [2.75, 3.05) is 38.1 Å². The fraction of sp³-hybridized carbons (Fsp3) is 0.421. The molecule has 2 aliphatic rings. The summed E-state index contributed by atoms with van der Waals surface area (Å²) in [7, 11) is 1.81. The summed E-state index contributed by atoms with van der Waals surface area (Å²) in [4.78, 5) is 22.6. The number of fused-ring (bicyclic) bond motifs is 1. The molecular weight excluding hydrogens is 361 g/mol. The predicted molar refractivity (Wildman–Crippen MR) is 102 cm³/mol. The van der Waals surface area contributed by atoms with Crippen LogP contribution in [0.4, 0.5) is 14.9 Å². The maximum atomic E-state index is 13.4. The number of anilines is 1. The minimum atomic E-state index is -0.269. The van der Waals surface area contributed by atoms with E-state index >= 15 is 0 Å². The molecule has 3 aromatic rings. The summed E-state index contributed by atoms with van der Waals surface area (Å²) in [6.07, 6.45) is 8.07. The molecule has 3 aromatic heterocycles. The topological polar surface area (TPSA) is 61.9 Å². The van der Waals surface area contributed by atoms with Gasteiger partial charge in [-0.25, -0.2) is 14.2 Å². The lowest BCUT2D eigenvalue weighted by atomic mass is 10.3. The molecule has 0 spiro atoms. The quantitative estimate of drug-likeness (QED) is 0.691. The monoisotopic (exact) mass is 383 g/mol. The van der Waals surface area contributed by atoms with Gasteiger partial charge in [-0.1, -0.05) is 0 Å². The van der Waals surface area contributed by atoms with Gasteiger partial charge in [0.15, 0.2) is 0 Å². The summed E-state index contributed by atoms with van der Waals surface area (Å²) >= 11 is 0. The summed E-state index contributed by atoms with van der Waals surface area (Å²) in [6, 6.07) is 3.42. The summed E-state index contributed by atoms with van der Waals surface area (Å²) in [6.45, 7) is 3.99. The van der Waals surface area contributed by atoms with E-state index in [1.165, 1.54) is 12.3 Å². The van der Waals surface area contributed by atoms with Crippen LogP contribution in [0.1, 0.15) is 18.2 Å². The van der Waals surface area contributed by atoms with Crippen molar-refractivity contribution >= 4 is 17.4 Å². The molecule has 8 nitrogen and oxygen atoms in total. The molecule has 2 aliphatic heterocycles. The highest BCUT2D eigenvalue weighted by atomic mass is 19.1. The van der Waals surface area contributed by atoms with E-state index in [0.29, 0.717) is 6.54 Å². The van der Waals surface area contributed by atoms with E-state index in [1.54, 1.807) is 26.5 Å². The predicted octanol–water partition coefficient (Wildman–Crippen LogP) is 1.99. The molecule has 1 unspecified atom stereocenters. The number of nitrogens with zero attached hydrogens (tertiary/aromatic N) is 7. The first-order valence-corrected chi connectivity index (χ1v) is 9.49. The zero-order valence-electron chi connectivity index (χ0n) is 15.7. The van der Waals surface area contributed by atoms with Crippen LogP contribution in [0.5, 0.6) is 0 Å². The van der Waals surface area contributed by atoms with Crippen LogP contribution < -0.4 is 4.90 Å². The Morgan fingerprint density at radius 2 is 2.07 bits per heavy atom. The Kier molecular flexibility index (Phi) is 4.04. The summed E-state index contributed by atoms with van der Waals surface area (Å²) < 4.78 is 17.0. The van der Waals surface area contributed by atoms with Gasteiger partial charge in [0.05, 0.1) is 23.6 Å². The third-order valence-corrected chi connectivity index (χ3v) is 5.59. The number of carbonyl (C=O) groups excluding carboxylic acids is 1. The van der Waals surface area contributed by atoms with Crippen molar-refractivity contribution in [1.82, 2.24) is 29.0 Å². The van der Waals surface area contributed by atoms with E-state index in [0.717, 1.165) is 49.6 Å². The van der Waals surface area contributed by atoms with Crippen molar-refractivity contribution in [1.29, 1.82) is 0 Å². The number of halogens is 1. The largest absolute Gasteiger partial charge is 0.326 e. The average Bonchev–Trinajstić information content (AvgIpc) is 3.43. The van der Waals surface area contributed by atoms with E-state index in [9.17, 15) is 9.18 Å². The fourth-order valence-corrected chi connectivity index (χ4v) is 4.05. The summed E-state index contributed by atoms with van der Waals surface area (Å²) in [5, 5.41) is 4.50. The molecule has 0 N–H and O–H groups in total. The highest BCUT2D eigenvalue weighted by Crippen LogP contribution is 2.26. The molecule has 5 heterocycles. The van der Waals surface area contributed by atoms with Crippen molar-refractivity contribution in [3.63, 3.8) is 0 Å². The number of urea groups is 1. The van der Waals surface area contributed by atoms with Crippen molar-refractivity contribution in [3.8, 4) is 0 Å². The van der Waals surface area contributed by atoms with Crippen LogP contribution in [0.25, 0.3) is 5.65 Å². The minimum Gasteiger partial charge on any atom is -0.326 e. The van der Waals surface area contributed by atoms with Gasteiger partial charge in [0.1, 0.15) is 11.5 Å². The van der Waals surface area contributed by atoms with Gasteiger partial charge in [-0.05, 0) is 18.6 Å². The van der Waals surface area contributed by atoms with Crippen molar-refractivity contribution in [2.45, 2.75) is 19.0 Å². The molecule has 146 valence electrons. The number of rotatable bonds is 4. The zero-order chi connectivity index (χ0) is 19.3. The third kappa shape index (κ3) is 3.01. The Morgan fingerprint density at radius 3 is 2.89 bits per heavy atom. The van der Waals surface area contributed by atoms with E-state index < -0.39 is 0 Å². The first-order chi connectivity index (χ1) is 13.6. The Labute approximate surface area is 161 Å². The molecule has 9 heteroatoms. The Balaban J connectivity index is 1.25. The number of likely N-dealkylation sites (N-methyl/N-ethyl adjacent to an activating group) is 1. The van der Waals surface area contributed by atoms with E-state index in [-0.39, 0.29) is 17.9 Å². The van der Waals surface area contributed by atoms with Gasteiger partial charge in [0.25, 0.3) is 0 Å². The average molecular weight is 383 g/mol. The van der Waals surface area contributed by atoms with E-state index in [1.807, 2.05) is 24.1 Å². The molecule has 1 atom stereocenters. The number of likely N-dealkylation sites (tertiary alicyclic amines) is 1. The second-order valence-corrected chi connectivity index (χ2v) is 7.56. The van der Waals surface area contributed by atoms with Crippen molar-refractivity contribution < 1.29 is 9.18 Å². The van der Waals surface area contributed by atoms with E-state index in [2.05, 4.69) is 15.0 Å². The first kappa shape index (κ1) is 17.2. The molecule has 2 amide bonds. The second-order valence-electron chi connectivity index (χ2n) is 7.56. The zero-order valence-corrected chi connectivity index (χ0v) is 15.7. The minimum absolute atomic E-state index is 0.0240. The SMILES string of the molecule is CN1CCN(c2cnn(C3CCN(Cc4cn5cc(F)ccc5n4)C3)c2)C1=O. The van der Waals surface area contributed by atoms with Crippen LogP contribution in [0, 0.1) is 5.82 Å². The molecule has 5 rings (SSSR count). The third-order valence-electron chi connectivity index (χ3n) is 5.59. The van der Waals surface area contributed by atoms with Crippen LogP contribution >= 0.6 is 0 Å². The smallest absolute Gasteiger partial charge is 0.324 e. The summed E-state index contributed by atoms with van der Waals surface area (Å²) in [5.74, 6) is -0.269. The van der Waals surface area contributed by atoms with Crippen molar-refractivity contribution in [2.24, 2.45) is 0 Å². The first-order valence-electron chi connectivity index (χ1n) is 9.49. The van der Waals surface area contributed by atoms with Crippen LogP contribution in [-0.4, -0.2) is 68.2 Å². The van der Waals surface area contributed by atoms with Crippen LogP contribution in [0.15, 0.2) is 36.9 Å². The lowest BCUT2D eigenvalue weighted by Gasteiger charge is -2.15. The highest BCUT2D eigenvalue weighted by molar-refractivity contribution is 5.93. The molecule has 28 heavy (non-hydrogen) atoms. The summed E-state index contributed by atoms with van der Waals surface area (Å²) in [5.41, 5.74) is 2.54. The molecule has 0 radical (unpaired) electrons. The number of imidazole rings is 1. The maximum absolute atomic E-state index is 13.4. The lowest BCUT2D eigenvalue weighted by Crippen LogP contribution is -2.28. The van der Waals surface area contributed by atoms with Gasteiger partial charge in [0.2, 0.25) is 0 Å². The van der Waals surface area contributed by atoms with Crippen LogP contribution in [-0.2, 0) is 6.54 Å². The Morgan fingerprint density at radius 1 is 1.18 bits per heavy atom. The lowest BCUT2D eigenvalue weighted by molar-refractivity contribution is 0.229. The number of pyridine rings is 1. The number of aromatic nitrogens is 4. The Bertz CT molecular complexity index is 1030. The maximum Gasteiger partial charge on any atom is 0.324 e. The number of amides is 2. The number of carbonyl (C=O) groups is 1. The molecule has 2 fully saturated rings. The van der Waals surface area contributed by atoms with Crippen LogP contribution in [0.2, 0.25) is 0 Å². The van der Waals surface area contributed by atoms with E-state index in [4.69, 9.17) is 0 Å². The highest BCUT2D eigenvalue weighted by Gasteiger charge is 2.29.